The molecule has 10 heteroatoms. The van der Waals surface area contributed by atoms with E-state index in [1.807, 2.05) is 30.3 Å². The number of nitrogens with one attached hydrogen (secondary N) is 1. The normalized spacial score (nSPS) is 11.7. The van der Waals surface area contributed by atoms with Crippen LogP contribution in [0.4, 0.5) is 5.13 Å². The highest BCUT2D eigenvalue weighted by molar-refractivity contribution is 7.17. The van der Waals surface area contributed by atoms with Gasteiger partial charge in [-0.3, -0.25) is 14.9 Å². The number of aromatic nitrogens is 1. The molecule has 5 aromatic rings. The van der Waals surface area contributed by atoms with Gasteiger partial charge < -0.3 is 13.9 Å². The Balaban J connectivity index is 1.34. The van der Waals surface area contributed by atoms with Crippen LogP contribution >= 0.6 is 22.9 Å². The topological polar surface area (TPSA) is 108 Å². The zero-order chi connectivity index (χ0) is 28.2. The van der Waals surface area contributed by atoms with Crippen LogP contribution in [0.1, 0.15) is 27.9 Å². The third-order valence-corrected chi connectivity index (χ3v) is 7.26. The third-order valence-electron chi connectivity index (χ3n) is 5.95. The Morgan fingerprint density at radius 1 is 1.02 bits per heavy atom. The fourth-order valence-corrected chi connectivity index (χ4v) is 4.88. The molecule has 0 aliphatic heterocycles. The Hall–Kier alpha value is -4.47. The van der Waals surface area contributed by atoms with E-state index in [0.29, 0.717) is 27.2 Å². The van der Waals surface area contributed by atoms with Crippen molar-refractivity contribution in [3.8, 4) is 17.1 Å². The summed E-state index contributed by atoms with van der Waals surface area (Å²) in [4.78, 5) is 43.6. The molecule has 0 spiro atoms. The van der Waals surface area contributed by atoms with Gasteiger partial charge in [0.15, 0.2) is 17.0 Å². The minimum absolute atomic E-state index is 0.107. The molecule has 1 amide bonds. The number of thiazole rings is 1. The summed E-state index contributed by atoms with van der Waals surface area (Å²) in [5.41, 5.74) is 1.80. The average Bonchev–Trinajstić information content (AvgIpc) is 3.33. The number of amides is 1. The van der Waals surface area contributed by atoms with E-state index in [0.717, 1.165) is 16.9 Å². The first kappa shape index (κ1) is 27.1. The zero-order valence-electron chi connectivity index (χ0n) is 21.5. The predicted molar refractivity (Wildman–Crippen MR) is 154 cm³/mol. The highest BCUT2D eigenvalue weighted by atomic mass is 35.5. The van der Waals surface area contributed by atoms with Crippen LogP contribution in [0.3, 0.4) is 0 Å². The average molecular weight is 575 g/mol. The monoisotopic (exact) mass is 574 g/mol. The zero-order valence-corrected chi connectivity index (χ0v) is 23.0. The molecule has 8 nitrogen and oxygen atoms in total. The van der Waals surface area contributed by atoms with Crippen LogP contribution < -0.4 is 15.5 Å². The highest BCUT2D eigenvalue weighted by Gasteiger charge is 2.25. The number of fused-ring (bicyclic) bond motifs is 1. The van der Waals surface area contributed by atoms with Gasteiger partial charge in [-0.05, 0) is 55.8 Å². The molecule has 1 N–H and O–H groups in total. The number of carbonyl (C=O) groups excluding carboxylic acids is 2. The molecule has 0 aliphatic rings. The lowest BCUT2D eigenvalue weighted by molar-refractivity contribution is -0.122. The minimum Gasteiger partial charge on any atom is -0.473 e. The Labute approximate surface area is 238 Å². The maximum Gasteiger partial charge on any atom is 0.350 e. The highest BCUT2D eigenvalue weighted by Crippen LogP contribution is 2.32. The number of aryl methyl sites for hydroxylation is 1. The van der Waals surface area contributed by atoms with Crippen molar-refractivity contribution in [2.75, 3.05) is 5.32 Å². The van der Waals surface area contributed by atoms with Crippen molar-refractivity contribution in [3.05, 3.63) is 110 Å². The second kappa shape index (κ2) is 11.7. The molecule has 2 aromatic heterocycles. The second-order valence-electron chi connectivity index (χ2n) is 8.84. The van der Waals surface area contributed by atoms with Crippen LogP contribution in [0.15, 0.2) is 88.1 Å². The number of carbonyl (C=O) groups is 2. The molecule has 5 rings (SSSR count). The molecule has 40 heavy (non-hydrogen) atoms. The lowest BCUT2D eigenvalue weighted by Gasteiger charge is -2.16. The number of halogens is 1. The number of para-hydroxylation sites is 1. The minimum atomic E-state index is -1.10. The first-order valence-electron chi connectivity index (χ1n) is 12.3. The summed E-state index contributed by atoms with van der Waals surface area (Å²) in [5.74, 6) is -1.03. The van der Waals surface area contributed by atoms with E-state index >= 15 is 0 Å². The molecule has 0 radical (unpaired) electrons. The van der Waals surface area contributed by atoms with E-state index in [1.165, 1.54) is 6.92 Å². The Bertz CT molecular complexity index is 1750. The van der Waals surface area contributed by atoms with Crippen LogP contribution in [0.5, 0.6) is 5.75 Å². The second-order valence-corrected chi connectivity index (χ2v) is 10.3. The predicted octanol–water partition coefficient (Wildman–Crippen LogP) is 6.64. The first-order valence-corrected chi connectivity index (χ1v) is 13.5. The number of nitrogens with zero attached hydrogens (tertiary/aromatic N) is 1. The van der Waals surface area contributed by atoms with Crippen molar-refractivity contribution in [2.45, 2.75) is 26.6 Å². The molecule has 0 fully saturated rings. The molecular formula is C30H23ClN2O6S. The molecule has 1 unspecified atom stereocenters. The van der Waals surface area contributed by atoms with Crippen LogP contribution in [0.2, 0.25) is 5.02 Å². The fourth-order valence-electron chi connectivity index (χ4n) is 3.89. The first-order chi connectivity index (χ1) is 19.3. The van der Waals surface area contributed by atoms with Gasteiger partial charge in [-0.1, -0.05) is 65.4 Å². The number of anilines is 1. The number of hydrogen-bond donors (Lipinski definition) is 1. The SMILES string of the molecule is Cc1nc(NC(=O)C(C)Oc2c(-c3ccc(Cl)cc3)oc3ccccc3c2=O)sc1C(=O)OCc1ccccc1. The molecule has 202 valence electrons. The number of benzene rings is 3. The summed E-state index contributed by atoms with van der Waals surface area (Å²) in [6.45, 7) is 3.28. The van der Waals surface area contributed by atoms with E-state index < -0.39 is 23.4 Å². The number of rotatable bonds is 8. The molecule has 0 saturated heterocycles. The van der Waals surface area contributed by atoms with E-state index in [9.17, 15) is 14.4 Å². The summed E-state index contributed by atoms with van der Waals surface area (Å²) in [6.07, 6.45) is -1.10. The van der Waals surface area contributed by atoms with Gasteiger partial charge in [0.05, 0.1) is 11.1 Å². The molecule has 1 atom stereocenters. The number of hydrogen-bond acceptors (Lipinski definition) is 8. The summed E-state index contributed by atoms with van der Waals surface area (Å²) in [6, 6.07) is 22.8. The molecule has 2 heterocycles. The van der Waals surface area contributed by atoms with Crippen LogP contribution in [0.25, 0.3) is 22.3 Å². The molecular weight excluding hydrogens is 552 g/mol. The van der Waals surface area contributed by atoms with Crippen molar-refractivity contribution in [2.24, 2.45) is 0 Å². The lowest BCUT2D eigenvalue weighted by Crippen LogP contribution is -2.31. The van der Waals surface area contributed by atoms with E-state index in [2.05, 4.69) is 10.3 Å². The summed E-state index contributed by atoms with van der Waals surface area (Å²) < 4.78 is 17.3. The van der Waals surface area contributed by atoms with E-state index in [-0.39, 0.29) is 28.1 Å². The van der Waals surface area contributed by atoms with Gasteiger partial charge in [-0.15, -0.1) is 0 Å². The van der Waals surface area contributed by atoms with Gasteiger partial charge in [0.25, 0.3) is 5.91 Å². The quantitative estimate of drug-likeness (QED) is 0.207. The standard InChI is InChI=1S/C30H23ClN2O6S/c1-17-27(29(36)37-16-19-8-4-3-5-9-19)40-30(32-17)33-28(35)18(2)38-26-24(34)22-10-6-7-11-23(22)39-25(26)20-12-14-21(31)15-13-20/h3-15,18H,16H2,1-2H3,(H,32,33,35). The van der Waals surface area contributed by atoms with Gasteiger partial charge in [0.1, 0.15) is 17.1 Å². The van der Waals surface area contributed by atoms with Crippen molar-refractivity contribution in [3.63, 3.8) is 0 Å². The largest absolute Gasteiger partial charge is 0.473 e. The van der Waals surface area contributed by atoms with Crippen LogP contribution in [-0.4, -0.2) is 23.0 Å². The Morgan fingerprint density at radius 2 is 1.73 bits per heavy atom. The van der Waals surface area contributed by atoms with Crippen molar-refractivity contribution in [1.82, 2.24) is 4.98 Å². The van der Waals surface area contributed by atoms with Gasteiger partial charge >= 0.3 is 5.97 Å². The third kappa shape index (κ3) is 5.90. The Kier molecular flexibility index (Phi) is 7.95. The van der Waals surface area contributed by atoms with Crippen molar-refractivity contribution >= 4 is 50.9 Å². The maximum atomic E-state index is 13.4. The summed E-state index contributed by atoms with van der Waals surface area (Å²) in [5, 5.41) is 3.70. The fraction of sp³-hybridized carbons (Fsp3) is 0.133. The van der Waals surface area contributed by atoms with Gasteiger partial charge in [0, 0.05) is 10.6 Å². The maximum absolute atomic E-state index is 13.4. The van der Waals surface area contributed by atoms with Crippen molar-refractivity contribution in [1.29, 1.82) is 0 Å². The molecule has 0 bridgehead atoms. The van der Waals surface area contributed by atoms with E-state index in [4.69, 9.17) is 25.5 Å². The number of esters is 1. The summed E-state index contributed by atoms with van der Waals surface area (Å²) in [7, 11) is 0. The van der Waals surface area contributed by atoms with Crippen molar-refractivity contribution < 1.29 is 23.5 Å². The molecule has 0 saturated carbocycles. The van der Waals surface area contributed by atoms with Crippen LogP contribution in [-0.2, 0) is 16.1 Å². The Morgan fingerprint density at radius 3 is 2.48 bits per heavy atom. The summed E-state index contributed by atoms with van der Waals surface area (Å²) >= 11 is 7.03. The van der Waals surface area contributed by atoms with Gasteiger partial charge in [0.2, 0.25) is 11.2 Å². The smallest absolute Gasteiger partial charge is 0.350 e. The molecule has 0 aliphatic carbocycles. The molecule has 3 aromatic carbocycles. The van der Waals surface area contributed by atoms with Crippen LogP contribution in [0, 0.1) is 6.92 Å². The lowest BCUT2D eigenvalue weighted by atomic mass is 10.1. The van der Waals surface area contributed by atoms with E-state index in [1.54, 1.807) is 55.5 Å². The van der Waals surface area contributed by atoms with Gasteiger partial charge in [-0.25, -0.2) is 9.78 Å². The van der Waals surface area contributed by atoms with Gasteiger partial charge in [-0.2, -0.15) is 0 Å². The number of ether oxygens (including phenoxy) is 2.